The van der Waals surface area contributed by atoms with Crippen molar-refractivity contribution in [2.24, 2.45) is 10.8 Å². The number of halogens is 3. The fourth-order valence-corrected chi connectivity index (χ4v) is 8.04. The van der Waals surface area contributed by atoms with Crippen LogP contribution in [0, 0.1) is 10.8 Å². The van der Waals surface area contributed by atoms with Gasteiger partial charge in [0.2, 0.25) is 11.8 Å². The van der Waals surface area contributed by atoms with Crippen molar-refractivity contribution in [3.63, 3.8) is 0 Å². The smallest absolute Gasteiger partial charge is 0.387 e. The number of amides is 1. The molecule has 228 valence electrons. The Kier molecular flexibility index (Phi) is 6.32. The molecule has 6 aliphatic rings. The number of anilines is 1. The van der Waals surface area contributed by atoms with Gasteiger partial charge in [-0.1, -0.05) is 50.2 Å². The first-order valence-corrected chi connectivity index (χ1v) is 15.3. The van der Waals surface area contributed by atoms with E-state index in [0.29, 0.717) is 25.8 Å². The van der Waals surface area contributed by atoms with Gasteiger partial charge < -0.3 is 14.2 Å². The van der Waals surface area contributed by atoms with Crippen LogP contribution in [-0.4, -0.2) is 34.9 Å². The van der Waals surface area contributed by atoms with Crippen LogP contribution >= 0.6 is 0 Å². The van der Waals surface area contributed by atoms with E-state index in [2.05, 4.69) is 30.7 Å². The Balaban J connectivity index is 1.14. The van der Waals surface area contributed by atoms with Gasteiger partial charge in [-0.3, -0.25) is 4.79 Å². The van der Waals surface area contributed by atoms with Gasteiger partial charge in [-0.2, -0.15) is 13.8 Å². The first kappa shape index (κ1) is 28.4. The van der Waals surface area contributed by atoms with Gasteiger partial charge in [-0.25, -0.2) is 4.39 Å². The molecule has 0 spiro atoms. The molecule has 0 atom stereocenters. The number of carbonyl (C=O) groups is 1. The summed E-state index contributed by atoms with van der Waals surface area (Å²) in [6.45, 7) is 3.96. The Labute approximate surface area is 250 Å². The van der Waals surface area contributed by atoms with Crippen LogP contribution in [0.4, 0.5) is 18.9 Å². The lowest BCUT2D eigenvalue weighted by molar-refractivity contribution is -0.211. The van der Waals surface area contributed by atoms with Crippen LogP contribution in [0.5, 0.6) is 5.75 Å². The second-order valence-electron chi connectivity index (χ2n) is 14.8. The SMILES string of the molecule is CC(C)(C)c1noc(C23CCC(CN(C(=O)C45CC(F)(C4)C5)c4cccc(-c5ccc(OC(F)F)cc5)c4)(CC2)CC3)n1. The van der Waals surface area contributed by atoms with E-state index in [1.54, 1.807) is 12.1 Å². The Hall–Kier alpha value is -3.36. The number of benzene rings is 2. The number of alkyl halides is 3. The lowest BCUT2D eigenvalue weighted by Gasteiger charge is -2.65. The summed E-state index contributed by atoms with van der Waals surface area (Å²) in [6.07, 6.45) is 6.60. The highest BCUT2D eigenvalue weighted by Crippen LogP contribution is 2.70. The second kappa shape index (κ2) is 9.57. The van der Waals surface area contributed by atoms with E-state index >= 15 is 0 Å². The summed E-state index contributed by atoms with van der Waals surface area (Å²) >= 11 is 0. The molecule has 6 fully saturated rings. The zero-order chi connectivity index (χ0) is 30.3. The van der Waals surface area contributed by atoms with Crippen molar-refractivity contribution in [3.8, 4) is 16.9 Å². The van der Waals surface area contributed by atoms with Crippen LogP contribution in [0.1, 0.15) is 90.3 Å². The van der Waals surface area contributed by atoms with Gasteiger partial charge >= 0.3 is 6.61 Å². The van der Waals surface area contributed by atoms with E-state index in [1.165, 1.54) is 12.1 Å². The van der Waals surface area contributed by atoms with Gasteiger partial charge in [0, 0.05) is 23.1 Å². The lowest BCUT2D eigenvalue weighted by Crippen LogP contribution is -2.71. The van der Waals surface area contributed by atoms with Gasteiger partial charge in [0.25, 0.3) is 0 Å². The second-order valence-corrected chi connectivity index (χ2v) is 14.8. The molecule has 9 heteroatoms. The highest BCUT2D eigenvalue weighted by molar-refractivity contribution is 6.00. The molecule has 43 heavy (non-hydrogen) atoms. The quantitative estimate of drug-likeness (QED) is 0.264. The van der Waals surface area contributed by atoms with E-state index in [-0.39, 0.29) is 27.9 Å². The molecular weight excluding hydrogens is 555 g/mol. The average Bonchev–Trinajstić information content (AvgIpc) is 3.47. The van der Waals surface area contributed by atoms with E-state index in [0.717, 1.165) is 67.1 Å². The fourth-order valence-electron chi connectivity index (χ4n) is 8.04. The summed E-state index contributed by atoms with van der Waals surface area (Å²) in [7, 11) is 0. The van der Waals surface area contributed by atoms with Crippen molar-refractivity contribution < 1.29 is 27.2 Å². The molecule has 9 rings (SSSR count). The highest BCUT2D eigenvalue weighted by atomic mass is 19.3. The molecule has 2 aromatic carbocycles. The molecule has 6 aliphatic carbocycles. The third-order valence-electron chi connectivity index (χ3n) is 10.7. The summed E-state index contributed by atoms with van der Waals surface area (Å²) in [4.78, 5) is 20.9. The van der Waals surface area contributed by atoms with E-state index < -0.39 is 17.7 Å². The molecule has 1 heterocycles. The monoisotopic (exact) mass is 593 g/mol. The summed E-state index contributed by atoms with van der Waals surface area (Å²) in [5.41, 5.74) is 0.390. The van der Waals surface area contributed by atoms with E-state index in [4.69, 9.17) is 9.51 Å². The molecule has 4 bridgehead atoms. The predicted octanol–water partition coefficient (Wildman–Crippen LogP) is 8.15. The van der Waals surface area contributed by atoms with Crippen LogP contribution in [0.2, 0.25) is 0 Å². The van der Waals surface area contributed by atoms with E-state index in [9.17, 15) is 18.0 Å². The highest BCUT2D eigenvalue weighted by Gasteiger charge is 2.73. The molecule has 6 nitrogen and oxygen atoms in total. The molecule has 0 saturated heterocycles. The van der Waals surface area contributed by atoms with Gasteiger partial charge in [0.1, 0.15) is 11.4 Å². The van der Waals surface area contributed by atoms with Crippen molar-refractivity contribution in [1.29, 1.82) is 0 Å². The Morgan fingerprint density at radius 2 is 1.63 bits per heavy atom. The molecule has 0 N–H and O–H groups in total. The van der Waals surface area contributed by atoms with Crippen molar-refractivity contribution >= 4 is 11.6 Å². The standard InChI is InChI=1S/C34H38F3N3O3/c1-30(2,3)26-38-27(43-39-26)32-14-11-31(12-15-32,13-16-32)21-40(28(41)33-18-34(37,19-33)20-33)24-6-4-5-23(17-24)22-7-9-25(10-8-22)42-29(35)36/h4-10,17,29H,11-16,18-21H2,1-3H3. The van der Waals surface area contributed by atoms with Crippen molar-refractivity contribution in [2.45, 2.75) is 102 Å². The Morgan fingerprint density at radius 1 is 0.977 bits per heavy atom. The van der Waals surface area contributed by atoms with E-state index in [1.807, 2.05) is 29.2 Å². The molecule has 0 radical (unpaired) electrons. The normalized spacial score (nSPS) is 31.0. The summed E-state index contributed by atoms with van der Waals surface area (Å²) < 4.78 is 50.2. The number of hydrogen-bond donors (Lipinski definition) is 0. The first-order valence-electron chi connectivity index (χ1n) is 15.3. The number of aromatic nitrogens is 2. The summed E-state index contributed by atoms with van der Waals surface area (Å²) in [5, 5.41) is 4.30. The van der Waals surface area contributed by atoms with Gasteiger partial charge in [0.15, 0.2) is 5.82 Å². The average molecular weight is 594 g/mol. The maximum atomic E-state index is 14.6. The minimum atomic E-state index is -2.88. The van der Waals surface area contributed by atoms with Crippen LogP contribution < -0.4 is 9.64 Å². The first-order chi connectivity index (χ1) is 20.3. The molecule has 1 aromatic heterocycles. The molecular formula is C34H38F3N3O3. The van der Waals surface area contributed by atoms with Crippen molar-refractivity contribution in [3.05, 3.63) is 60.2 Å². The summed E-state index contributed by atoms with van der Waals surface area (Å²) in [6, 6.07) is 14.3. The zero-order valence-electron chi connectivity index (χ0n) is 25.0. The molecule has 1 amide bonds. The Morgan fingerprint density at radius 3 is 2.19 bits per heavy atom. The third kappa shape index (κ3) is 4.83. The molecule has 6 saturated carbocycles. The van der Waals surface area contributed by atoms with Crippen LogP contribution in [0.3, 0.4) is 0 Å². The number of rotatable bonds is 8. The van der Waals surface area contributed by atoms with Crippen LogP contribution in [0.25, 0.3) is 11.1 Å². The number of fused-ring (bicyclic) bond motifs is 3. The Bertz CT molecular complexity index is 1500. The predicted molar refractivity (Wildman–Crippen MR) is 156 cm³/mol. The number of carbonyl (C=O) groups excluding carboxylic acids is 1. The van der Waals surface area contributed by atoms with Gasteiger partial charge in [0.05, 0.1) is 5.41 Å². The van der Waals surface area contributed by atoms with Gasteiger partial charge in [-0.05, 0) is 98.6 Å². The van der Waals surface area contributed by atoms with Crippen LogP contribution in [0.15, 0.2) is 53.1 Å². The summed E-state index contributed by atoms with van der Waals surface area (Å²) in [5.74, 6) is 1.60. The minimum Gasteiger partial charge on any atom is -0.435 e. The minimum absolute atomic E-state index is 0.0216. The molecule has 0 unspecified atom stereocenters. The number of hydrogen-bond acceptors (Lipinski definition) is 5. The number of nitrogens with zero attached hydrogens (tertiary/aromatic N) is 3. The van der Waals surface area contributed by atoms with Crippen molar-refractivity contribution in [2.75, 3.05) is 11.4 Å². The fraction of sp³-hybridized carbons (Fsp3) is 0.559. The number of ether oxygens (including phenoxy) is 1. The van der Waals surface area contributed by atoms with Crippen LogP contribution in [-0.2, 0) is 15.6 Å². The molecule has 3 aromatic rings. The maximum absolute atomic E-state index is 14.6. The largest absolute Gasteiger partial charge is 0.435 e. The maximum Gasteiger partial charge on any atom is 0.387 e. The van der Waals surface area contributed by atoms with Gasteiger partial charge in [-0.15, -0.1) is 0 Å². The third-order valence-corrected chi connectivity index (χ3v) is 10.7. The zero-order valence-corrected chi connectivity index (χ0v) is 25.0. The molecule has 0 aliphatic heterocycles. The van der Waals surface area contributed by atoms with Crippen molar-refractivity contribution in [1.82, 2.24) is 10.1 Å². The lowest BCUT2D eigenvalue weighted by atomic mass is 9.41. The topological polar surface area (TPSA) is 68.5 Å².